The van der Waals surface area contributed by atoms with Crippen molar-refractivity contribution in [3.63, 3.8) is 0 Å². The second kappa shape index (κ2) is 12.7. The molecule has 1 N–H and O–H groups in total. The van der Waals surface area contributed by atoms with E-state index < -0.39 is 34.0 Å². The van der Waals surface area contributed by atoms with Gasteiger partial charge in [0.15, 0.2) is 11.2 Å². The van der Waals surface area contributed by atoms with Gasteiger partial charge in [-0.2, -0.15) is 0 Å². The van der Waals surface area contributed by atoms with E-state index in [9.17, 15) is 17.6 Å². The molecule has 0 bridgehead atoms. The van der Waals surface area contributed by atoms with Crippen LogP contribution in [0.4, 0.5) is 9.52 Å². The second-order valence-corrected chi connectivity index (χ2v) is 11.6. The number of benzene rings is 3. The molecule has 0 aliphatic heterocycles. The number of halogens is 2. The molecule has 0 saturated carbocycles. The molecular formula is C28H26ClFN2O5S2. The zero-order valence-corrected chi connectivity index (χ0v) is 23.5. The molecular weight excluding hydrogens is 563 g/mol. The van der Waals surface area contributed by atoms with Gasteiger partial charge in [-0.05, 0) is 41.8 Å². The van der Waals surface area contributed by atoms with Crippen molar-refractivity contribution in [2.24, 2.45) is 0 Å². The molecule has 0 amide bonds. The first-order valence-electron chi connectivity index (χ1n) is 11.9. The maximum Gasteiger partial charge on any atom is 0.340 e. The Hall–Kier alpha value is -3.31. The highest BCUT2D eigenvalue weighted by Gasteiger charge is 2.27. The number of esters is 1. The van der Waals surface area contributed by atoms with Gasteiger partial charge in [0.25, 0.3) is 10.0 Å². The summed E-state index contributed by atoms with van der Waals surface area (Å²) < 4.78 is 54.0. The summed E-state index contributed by atoms with van der Waals surface area (Å²) in [6.45, 7) is 1.62. The van der Waals surface area contributed by atoms with Gasteiger partial charge in [-0.1, -0.05) is 66.2 Å². The van der Waals surface area contributed by atoms with E-state index in [1.54, 1.807) is 66.9 Å². The first kappa shape index (κ1) is 28.7. The minimum atomic E-state index is -3.94. The minimum Gasteiger partial charge on any atom is -0.459 e. The van der Waals surface area contributed by atoms with E-state index in [1.165, 1.54) is 19.2 Å². The topological polar surface area (TPSA) is 94.6 Å². The van der Waals surface area contributed by atoms with E-state index >= 15 is 0 Å². The van der Waals surface area contributed by atoms with Crippen molar-refractivity contribution in [1.82, 2.24) is 4.98 Å². The molecule has 0 spiro atoms. The van der Waals surface area contributed by atoms with Crippen LogP contribution in [-0.2, 0) is 37.1 Å². The third-order valence-electron chi connectivity index (χ3n) is 5.96. The number of hydrogen-bond acceptors (Lipinski definition) is 7. The number of hydrogen-bond donors (Lipinski definition) is 1. The van der Waals surface area contributed by atoms with Crippen molar-refractivity contribution in [1.29, 1.82) is 0 Å². The van der Waals surface area contributed by atoms with Gasteiger partial charge in [0, 0.05) is 30.4 Å². The quantitative estimate of drug-likeness (QED) is 0.212. The van der Waals surface area contributed by atoms with E-state index in [0.29, 0.717) is 27.4 Å². The average molecular weight is 589 g/mol. The molecule has 3 aromatic carbocycles. The van der Waals surface area contributed by atoms with Gasteiger partial charge in [0.05, 0.1) is 10.6 Å². The van der Waals surface area contributed by atoms with Gasteiger partial charge in [0.2, 0.25) is 0 Å². The lowest BCUT2D eigenvalue weighted by atomic mass is 10.0. The number of carbonyl (C=O) groups excluding carboxylic acids is 1. The SMILES string of the molecule is COC(C(=O)OC(Cc1csc(NS(=O)(=O)c2cccc(Cl)c2C)n1)Cc1ccccc1F)c1ccccc1. The van der Waals surface area contributed by atoms with Crippen LogP contribution < -0.4 is 4.72 Å². The first-order valence-corrected chi connectivity index (χ1v) is 14.7. The lowest BCUT2D eigenvalue weighted by Crippen LogP contribution is -2.28. The highest BCUT2D eigenvalue weighted by Crippen LogP contribution is 2.27. The average Bonchev–Trinajstić information content (AvgIpc) is 3.33. The van der Waals surface area contributed by atoms with Gasteiger partial charge < -0.3 is 9.47 Å². The van der Waals surface area contributed by atoms with Gasteiger partial charge in [-0.3, -0.25) is 4.72 Å². The standard InChI is InChI=1S/C28H26ClFN2O5S2/c1-18-23(29)12-8-14-25(18)39(34,35)32-28-31-21(17-38-28)16-22(15-20-11-6-7-13-24(20)30)37-27(33)26(36-2)19-9-4-3-5-10-19/h3-14,17,22,26H,15-16H2,1-2H3,(H,31,32). The van der Waals surface area contributed by atoms with Crippen LogP contribution in [0.15, 0.2) is 83.1 Å². The zero-order chi connectivity index (χ0) is 28.0. The van der Waals surface area contributed by atoms with E-state index in [0.717, 1.165) is 11.3 Å². The highest BCUT2D eigenvalue weighted by molar-refractivity contribution is 7.93. The summed E-state index contributed by atoms with van der Waals surface area (Å²) in [7, 11) is -2.53. The van der Waals surface area contributed by atoms with Crippen LogP contribution >= 0.6 is 22.9 Å². The number of nitrogens with one attached hydrogen (secondary N) is 1. The molecule has 1 aromatic heterocycles. The van der Waals surface area contributed by atoms with Gasteiger partial charge in [-0.25, -0.2) is 22.6 Å². The summed E-state index contributed by atoms with van der Waals surface area (Å²) in [6.07, 6.45) is -1.55. The van der Waals surface area contributed by atoms with Crippen LogP contribution in [0.25, 0.3) is 0 Å². The van der Waals surface area contributed by atoms with Gasteiger partial charge in [0.1, 0.15) is 11.9 Å². The van der Waals surface area contributed by atoms with Crippen LogP contribution in [0.2, 0.25) is 5.02 Å². The number of anilines is 1. The van der Waals surface area contributed by atoms with Gasteiger partial charge in [-0.15, -0.1) is 11.3 Å². The van der Waals surface area contributed by atoms with E-state index in [2.05, 4.69) is 9.71 Å². The molecule has 2 atom stereocenters. The number of methoxy groups -OCH3 is 1. The molecule has 0 aliphatic rings. The van der Waals surface area contributed by atoms with E-state index in [-0.39, 0.29) is 22.9 Å². The third kappa shape index (κ3) is 7.21. The summed E-state index contributed by atoms with van der Waals surface area (Å²) in [5, 5.41) is 2.13. The Morgan fingerprint density at radius 3 is 2.49 bits per heavy atom. The number of aromatic nitrogens is 1. The first-order chi connectivity index (χ1) is 18.7. The number of thiazole rings is 1. The zero-order valence-electron chi connectivity index (χ0n) is 21.1. The summed E-state index contributed by atoms with van der Waals surface area (Å²) in [5.74, 6) is -1.05. The summed E-state index contributed by atoms with van der Waals surface area (Å²) in [5.41, 5.74) is 1.89. The third-order valence-corrected chi connectivity index (χ3v) is 8.79. The molecule has 4 aromatic rings. The predicted octanol–water partition coefficient (Wildman–Crippen LogP) is 6.13. The molecule has 11 heteroatoms. The Morgan fingerprint density at radius 2 is 1.77 bits per heavy atom. The maximum absolute atomic E-state index is 14.5. The molecule has 0 fully saturated rings. The van der Waals surface area contributed by atoms with Crippen LogP contribution in [0.1, 0.15) is 28.5 Å². The maximum atomic E-state index is 14.5. The Kier molecular flexibility index (Phi) is 9.34. The Labute approximate surface area is 235 Å². The molecule has 39 heavy (non-hydrogen) atoms. The normalized spacial score (nSPS) is 13.0. The molecule has 1 heterocycles. The Bertz CT molecular complexity index is 1550. The molecule has 0 saturated heterocycles. The number of nitrogens with zero attached hydrogens (tertiary/aromatic N) is 1. The van der Waals surface area contributed by atoms with Gasteiger partial charge >= 0.3 is 5.97 Å². The lowest BCUT2D eigenvalue weighted by molar-refractivity contribution is -0.161. The summed E-state index contributed by atoms with van der Waals surface area (Å²) in [6, 6.07) is 19.8. The predicted molar refractivity (Wildman–Crippen MR) is 149 cm³/mol. The fourth-order valence-corrected chi connectivity index (χ4v) is 6.49. The van der Waals surface area contributed by atoms with E-state index in [4.69, 9.17) is 21.1 Å². The van der Waals surface area contributed by atoms with Crippen LogP contribution in [-0.4, -0.2) is 32.6 Å². The molecule has 7 nitrogen and oxygen atoms in total. The van der Waals surface area contributed by atoms with Crippen LogP contribution in [0.3, 0.4) is 0 Å². The number of ether oxygens (including phenoxy) is 2. The Balaban J connectivity index is 1.54. The van der Waals surface area contributed by atoms with Crippen molar-refractivity contribution >= 4 is 44.1 Å². The van der Waals surface area contributed by atoms with Crippen molar-refractivity contribution < 1.29 is 27.1 Å². The monoisotopic (exact) mass is 588 g/mol. The van der Waals surface area contributed by atoms with E-state index in [1.807, 2.05) is 6.07 Å². The molecule has 204 valence electrons. The van der Waals surface area contributed by atoms with Crippen molar-refractivity contribution in [2.75, 3.05) is 11.8 Å². The number of carbonyl (C=O) groups is 1. The summed E-state index contributed by atoms with van der Waals surface area (Å²) >= 11 is 7.18. The molecule has 0 radical (unpaired) electrons. The van der Waals surface area contributed by atoms with Crippen molar-refractivity contribution in [3.8, 4) is 0 Å². The Morgan fingerprint density at radius 1 is 1.05 bits per heavy atom. The number of sulfonamides is 1. The van der Waals surface area contributed by atoms with Crippen LogP contribution in [0.5, 0.6) is 0 Å². The lowest BCUT2D eigenvalue weighted by Gasteiger charge is -2.21. The number of rotatable bonds is 11. The highest BCUT2D eigenvalue weighted by atomic mass is 35.5. The van der Waals surface area contributed by atoms with Crippen LogP contribution in [0, 0.1) is 12.7 Å². The van der Waals surface area contributed by atoms with Crippen molar-refractivity contribution in [2.45, 2.75) is 36.9 Å². The molecule has 2 unspecified atom stereocenters. The largest absolute Gasteiger partial charge is 0.459 e. The van der Waals surface area contributed by atoms with Crippen molar-refractivity contribution in [3.05, 3.63) is 111 Å². The minimum absolute atomic E-state index is 0.0460. The smallest absolute Gasteiger partial charge is 0.340 e. The fourth-order valence-electron chi connectivity index (χ4n) is 4.02. The fraction of sp³-hybridized carbons (Fsp3) is 0.214. The second-order valence-electron chi connectivity index (χ2n) is 8.70. The molecule has 0 aliphatic carbocycles. The summed E-state index contributed by atoms with van der Waals surface area (Å²) in [4.78, 5) is 17.5. The molecule has 4 rings (SSSR count).